The largest absolute Gasteiger partial charge is 0.326 e. The maximum absolute atomic E-state index is 10.8. The van der Waals surface area contributed by atoms with Crippen molar-refractivity contribution in [2.24, 2.45) is 5.92 Å². The van der Waals surface area contributed by atoms with Crippen LogP contribution in [0.4, 0.5) is 5.69 Å². The van der Waals surface area contributed by atoms with Crippen molar-refractivity contribution in [3.63, 3.8) is 0 Å². The minimum atomic E-state index is -0.0234. The molecule has 0 heterocycles. The number of carbonyl (C=O) groups is 1. The first kappa shape index (κ1) is 11.8. The summed E-state index contributed by atoms with van der Waals surface area (Å²) in [6, 6.07) is 8.08. The van der Waals surface area contributed by atoms with Crippen molar-refractivity contribution in [1.29, 1.82) is 0 Å². The molecule has 1 amide bonds. The number of hydrogen-bond acceptors (Lipinski definition) is 1. The molecule has 0 aliphatic heterocycles. The highest BCUT2D eigenvalue weighted by Gasteiger charge is 2.01. The van der Waals surface area contributed by atoms with Crippen LogP contribution in [0.15, 0.2) is 24.3 Å². The Bertz CT molecular complexity index is 316. The van der Waals surface area contributed by atoms with Gasteiger partial charge in [-0.05, 0) is 30.0 Å². The molecule has 2 heteroatoms. The van der Waals surface area contributed by atoms with Gasteiger partial charge in [0.1, 0.15) is 0 Å². The minimum absolute atomic E-state index is 0.0234. The number of rotatable bonds is 4. The fourth-order valence-corrected chi connectivity index (χ4v) is 1.47. The molecule has 2 nitrogen and oxygen atoms in total. The van der Waals surface area contributed by atoms with Gasteiger partial charge >= 0.3 is 0 Å². The van der Waals surface area contributed by atoms with Crippen molar-refractivity contribution in [1.82, 2.24) is 0 Å². The second-order valence-electron chi connectivity index (χ2n) is 4.10. The molecule has 1 unspecified atom stereocenters. The molecule has 1 rings (SSSR count). The summed E-state index contributed by atoms with van der Waals surface area (Å²) in [6.45, 7) is 5.98. The maximum atomic E-state index is 10.8. The molecule has 15 heavy (non-hydrogen) atoms. The van der Waals surface area contributed by atoms with Gasteiger partial charge in [0.15, 0.2) is 0 Å². The van der Waals surface area contributed by atoms with Gasteiger partial charge in [-0.15, -0.1) is 0 Å². The third-order valence-corrected chi connectivity index (χ3v) is 2.56. The van der Waals surface area contributed by atoms with E-state index in [-0.39, 0.29) is 5.91 Å². The number of anilines is 1. The van der Waals surface area contributed by atoms with Gasteiger partial charge in [0, 0.05) is 12.6 Å². The van der Waals surface area contributed by atoms with Gasteiger partial charge in [-0.25, -0.2) is 0 Å². The number of carbonyl (C=O) groups excluding carboxylic acids is 1. The fourth-order valence-electron chi connectivity index (χ4n) is 1.47. The molecule has 1 atom stereocenters. The van der Waals surface area contributed by atoms with Crippen molar-refractivity contribution >= 4 is 11.6 Å². The van der Waals surface area contributed by atoms with Crippen LogP contribution in [0.3, 0.4) is 0 Å². The van der Waals surface area contributed by atoms with Crippen molar-refractivity contribution < 1.29 is 4.79 Å². The molecule has 0 aliphatic carbocycles. The maximum Gasteiger partial charge on any atom is 0.221 e. The quantitative estimate of drug-likeness (QED) is 0.803. The van der Waals surface area contributed by atoms with Crippen LogP contribution < -0.4 is 5.32 Å². The summed E-state index contributed by atoms with van der Waals surface area (Å²) >= 11 is 0. The van der Waals surface area contributed by atoms with E-state index in [9.17, 15) is 4.79 Å². The van der Waals surface area contributed by atoms with Gasteiger partial charge in [-0.2, -0.15) is 0 Å². The van der Waals surface area contributed by atoms with E-state index in [0.29, 0.717) is 0 Å². The zero-order valence-electron chi connectivity index (χ0n) is 9.71. The molecule has 0 spiro atoms. The van der Waals surface area contributed by atoms with E-state index in [4.69, 9.17) is 0 Å². The molecule has 0 bridgehead atoms. The highest BCUT2D eigenvalue weighted by atomic mass is 16.1. The summed E-state index contributed by atoms with van der Waals surface area (Å²) in [4.78, 5) is 10.8. The van der Waals surface area contributed by atoms with Gasteiger partial charge in [0.25, 0.3) is 0 Å². The lowest BCUT2D eigenvalue weighted by Crippen LogP contribution is -2.05. The van der Waals surface area contributed by atoms with Gasteiger partial charge in [-0.3, -0.25) is 4.79 Å². The second kappa shape index (κ2) is 5.54. The Morgan fingerprint density at radius 1 is 1.33 bits per heavy atom. The van der Waals surface area contributed by atoms with Crippen LogP contribution in [-0.4, -0.2) is 5.91 Å². The van der Waals surface area contributed by atoms with Crippen LogP contribution >= 0.6 is 0 Å². The van der Waals surface area contributed by atoms with E-state index in [2.05, 4.69) is 31.3 Å². The first-order chi connectivity index (χ1) is 7.11. The molecule has 0 aliphatic rings. The zero-order chi connectivity index (χ0) is 11.3. The van der Waals surface area contributed by atoms with Crippen LogP contribution in [0.2, 0.25) is 0 Å². The highest BCUT2D eigenvalue weighted by molar-refractivity contribution is 5.88. The summed E-state index contributed by atoms with van der Waals surface area (Å²) in [5.74, 6) is 0.696. The molecule has 0 fully saturated rings. The second-order valence-corrected chi connectivity index (χ2v) is 4.10. The monoisotopic (exact) mass is 205 g/mol. The van der Waals surface area contributed by atoms with E-state index in [1.165, 1.54) is 18.9 Å². The Morgan fingerprint density at radius 3 is 2.40 bits per heavy atom. The highest BCUT2D eigenvalue weighted by Crippen LogP contribution is 2.14. The van der Waals surface area contributed by atoms with Crippen molar-refractivity contribution in [2.45, 2.75) is 33.6 Å². The summed E-state index contributed by atoms with van der Waals surface area (Å²) in [7, 11) is 0. The Hall–Kier alpha value is -1.31. The molecule has 1 N–H and O–H groups in total. The zero-order valence-corrected chi connectivity index (χ0v) is 9.71. The molecular weight excluding hydrogens is 186 g/mol. The molecule has 0 aromatic heterocycles. The first-order valence-corrected chi connectivity index (χ1v) is 5.48. The summed E-state index contributed by atoms with van der Waals surface area (Å²) in [5, 5.41) is 2.76. The predicted octanol–water partition coefficient (Wildman–Crippen LogP) is 3.23. The van der Waals surface area contributed by atoms with Crippen LogP contribution in [0.1, 0.15) is 32.8 Å². The van der Waals surface area contributed by atoms with Gasteiger partial charge < -0.3 is 5.32 Å². The Labute approximate surface area is 91.7 Å². The average Bonchev–Trinajstić information content (AvgIpc) is 2.20. The molecule has 0 radical (unpaired) electrons. The van der Waals surface area contributed by atoms with Gasteiger partial charge in [0.05, 0.1) is 0 Å². The number of amides is 1. The Balaban J connectivity index is 2.60. The van der Waals surface area contributed by atoms with Crippen molar-refractivity contribution in [3.8, 4) is 0 Å². The number of nitrogens with one attached hydrogen (secondary N) is 1. The standard InChI is InChI=1S/C13H19NO/c1-4-10(2)9-12-5-7-13(8-6-12)14-11(3)15/h5-8,10H,4,9H2,1-3H3,(H,14,15). The molecular formula is C13H19NO. The van der Waals surface area contributed by atoms with Crippen LogP contribution in [0, 0.1) is 5.92 Å². The minimum Gasteiger partial charge on any atom is -0.326 e. The smallest absolute Gasteiger partial charge is 0.221 e. The SMILES string of the molecule is CCC(C)Cc1ccc(NC(C)=O)cc1. The van der Waals surface area contributed by atoms with Crippen LogP contribution in [0.25, 0.3) is 0 Å². The number of hydrogen-bond donors (Lipinski definition) is 1. The first-order valence-electron chi connectivity index (χ1n) is 5.48. The fraction of sp³-hybridized carbons (Fsp3) is 0.462. The average molecular weight is 205 g/mol. The van der Waals surface area contributed by atoms with Crippen LogP contribution in [-0.2, 0) is 11.2 Å². The van der Waals surface area contributed by atoms with Gasteiger partial charge in [-0.1, -0.05) is 32.4 Å². The molecule has 0 saturated carbocycles. The van der Waals surface area contributed by atoms with E-state index >= 15 is 0 Å². The molecule has 1 aromatic carbocycles. The Kier molecular flexibility index (Phi) is 4.35. The normalized spacial score (nSPS) is 12.2. The lowest BCUT2D eigenvalue weighted by Gasteiger charge is -2.09. The van der Waals surface area contributed by atoms with Gasteiger partial charge in [0.2, 0.25) is 5.91 Å². The van der Waals surface area contributed by atoms with E-state index in [1.54, 1.807) is 0 Å². The van der Waals surface area contributed by atoms with E-state index in [0.717, 1.165) is 18.0 Å². The molecule has 0 saturated heterocycles. The third kappa shape index (κ3) is 4.15. The van der Waals surface area contributed by atoms with Crippen molar-refractivity contribution in [2.75, 3.05) is 5.32 Å². The van der Waals surface area contributed by atoms with E-state index in [1.807, 2.05) is 12.1 Å². The summed E-state index contributed by atoms with van der Waals surface area (Å²) < 4.78 is 0. The van der Waals surface area contributed by atoms with Crippen molar-refractivity contribution in [3.05, 3.63) is 29.8 Å². The topological polar surface area (TPSA) is 29.1 Å². The van der Waals surface area contributed by atoms with Crippen LogP contribution in [0.5, 0.6) is 0 Å². The summed E-state index contributed by atoms with van der Waals surface area (Å²) in [6.07, 6.45) is 2.31. The summed E-state index contributed by atoms with van der Waals surface area (Å²) in [5.41, 5.74) is 2.20. The molecule has 82 valence electrons. The molecule has 1 aromatic rings. The lowest BCUT2D eigenvalue weighted by molar-refractivity contribution is -0.114. The number of benzene rings is 1. The third-order valence-electron chi connectivity index (χ3n) is 2.56. The van der Waals surface area contributed by atoms with E-state index < -0.39 is 0 Å². The Morgan fingerprint density at radius 2 is 1.93 bits per heavy atom. The predicted molar refractivity (Wildman–Crippen MR) is 63.9 cm³/mol. The lowest BCUT2D eigenvalue weighted by atomic mass is 9.99.